The van der Waals surface area contributed by atoms with Gasteiger partial charge in [0.25, 0.3) is 0 Å². The molecule has 4 heteroatoms. The van der Waals surface area contributed by atoms with Crippen molar-refractivity contribution in [1.29, 1.82) is 0 Å². The Balaban J connectivity index is 2.04. The van der Waals surface area contributed by atoms with Crippen LogP contribution < -0.4 is 5.32 Å². The van der Waals surface area contributed by atoms with Gasteiger partial charge in [-0.1, -0.05) is 15.9 Å². The largest absolute Gasteiger partial charge is 0.375 e. The number of ether oxygens (including phenoxy) is 1. The first-order valence-electron chi connectivity index (χ1n) is 6.72. The summed E-state index contributed by atoms with van der Waals surface area (Å²) in [6.07, 6.45) is 1.93. The number of rotatable bonds is 3. The van der Waals surface area contributed by atoms with E-state index in [2.05, 4.69) is 35.1 Å². The Morgan fingerprint density at radius 1 is 1.47 bits per heavy atom. The van der Waals surface area contributed by atoms with Crippen LogP contribution in [0.25, 0.3) is 0 Å². The molecule has 2 atom stereocenters. The van der Waals surface area contributed by atoms with Gasteiger partial charge < -0.3 is 10.1 Å². The fraction of sp³-hybridized carbons (Fsp3) is 0.600. The molecule has 0 radical (unpaired) electrons. The lowest BCUT2D eigenvalue weighted by Gasteiger charge is -2.37. The molecule has 19 heavy (non-hydrogen) atoms. The molecule has 1 N–H and O–H groups in total. The summed E-state index contributed by atoms with van der Waals surface area (Å²) >= 11 is 3.39. The van der Waals surface area contributed by atoms with Crippen LogP contribution in [0.3, 0.4) is 0 Å². The summed E-state index contributed by atoms with van der Waals surface area (Å²) in [4.78, 5) is 0. The van der Waals surface area contributed by atoms with Crippen LogP contribution >= 0.6 is 15.9 Å². The first kappa shape index (κ1) is 14.9. The van der Waals surface area contributed by atoms with Crippen LogP contribution in [-0.2, 0) is 4.74 Å². The Morgan fingerprint density at radius 2 is 2.21 bits per heavy atom. The van der Waals surface area contributed by atoms with Gasteiger partial charge in [-0.05, 0) is 51.8 Å². The highest BCUT2D eigenvalue weighted by atomic mass is 79.9. The van der Waals surface area contributed by atoms with Crippen molar-refractivity contribution < 1.29 is 9.13 Å². The van der Waals surface area contributed by atoms with E-state index >= 15 is 0 Å². The topological polar surface area (TPSA) is 21.3 Å². The molecule has 1 aliphatic rings. The lowest BCUT2D eigenvalue weighted by Crippen LogP contribution is -2.44. The first-order chi connectivity index (χ1) is 8.87. The molecule has 2 nitrogen and oxygen atoms in total. The van der Waals surface area contributed by atoms with Gasteiger partial charge >= 0.3 is 0 Å². The van der Waals surface area contributed by atoms with Crippen molar-refractivity contribution in [3.63, 3.8) is 0 Å². The molecule has 1 aromatic carbocycles. The number of hydrogen-bond donors (Lipinski definition) is 1. The third kappa shape index (κ3) is 4.01. The van der Waals surface area contributed by atoms with Gasteiger partial charge in [0.05, 0.1) is 5.60 Å². The van der Waals surface area contributed by atoms with Crippen molar-refractivity contribution in [2.24, 2.45) is 0 Å². The van der Waals surface area contributed by atoms with Gasteiger partial charge in [-0.25, -0.2) is 4.39 Å². The number of halogens is 2. The maximum Gasteiger partial charge on any atom is 0.128 e. The number of benzene rings is 1. The molecular weight excluding hydrogens is 309 g/mol. The molecule has 0 amide bonds. The molecule has 0 saturated carbocycles. The average Bonchev–Trinajstić information content (AvgIpc) is 2.31. The predicted molar refractivity (Wildman–Crippen MR) is 78.7 cm³/mol. The summed E-state index contributed by atoms with van der Waals surface area (Å²) in [6.45, 7) is 6.97. The second-order valence-corrected chi connectivity index (χ2v) is 6.77. The second-order valence-electron chi connectivity index (χ2n) is 5.85. The molecule has 1 aliphatic heterocycles. The highest BCUT2D eigenvalue weighted by Gasteiger charge is 2.29. The second kappa shape index (κ2) is 5.90. The SMILES string of the molecule is CC(NC1CCOC(C)(C)C1)c1cc(Br)ccc1F. The van der Waals surface area contributed by atoms with E-state index in [9.17, 15) is 4.39 Å². The van der Waals surface area contributed by atoms with Gasteiger partial charge in [0.15, 0.2) is 0 Å². The smallest absolute Gasteiger partial charge is 0.128 e. The fourth-order valence-electron chi connectivity index (χ4n) is 2.66. The normalized spacial score (nSPS) is 24.2. The zero-order valence-corrected chi connectivity index (χ0v) is 13.3. The maximum absolute atomic E-state index is 13.8. The van der Waals surface area contributed by atoms with Gasteiger partial charge in [0.1, 0.15) is 5.82 Å². The first-order valence-corrected chi connectivity index (χ1v) is 7.52. The maximum atomic E-state index is 13.8. The lowest BCUT2D eigenvalue weighted by molar-refractivity contribution is -0.0640. The monoisotopic (exact) mass is 329 g/mol. The standard InChI is InChI=1S/C15H21BrFNO/c1-10(13-8-11(16)4-5-14(13)17)18-12-6-7-19-15(2,3)9-12/h4-5,8,10,12,18H,6-7,9H2,1-3H3. The van der Waals surface area contributed by atoms with Crippen molar-refractivity contribution in [1.82, 2.24) is 5.32 Å². The van der Waals surface area contributed by atoms with Gasteiger partial charge in [0.2, 0.25) is 0 Å². The van der Waals surface area contributed by atoms with Crippen LogP contribution in [0.1, 0.15) is 45.2 Å². The predicted octanol–water partition coefficient (Wildman–Crippen LogP) is 4.20. The van der Waals surface area contributed by atoms with Crippen molar-refractivity contribution in [3.8, 4) is 0 Å². The summed E-state index contributed by atoms with van der Waals surface area (Å²) in [5.74, 6) is -0.158. The van der Waals surface area contributed by atoms with Gasteiger partial charge in [-0.15, -0.1) is 0 Å². The van der Waals surface area contributed by atoms with Crippen molar-refractivity contribution >= 4 is 15.9 Å². The summed E-state index contributed by atoms with van der Waals surface area (Å²) in [7, 11) is 0. The molecule has 2 unspecified atom stereocenters. The van der Waals surface area contributed by atoms with E-state index in [0.717, 1.165) is 23.9 Å². The summed E-state index contributed by atoms with van der Waals surface area (Å²) in [5, 5.41) is 3.52. The summed E-state index contributed by atoms with van der Waals surface area (Å²) < 4.78 is 20.5. The van der Waals surface area contributed by atoms with Gasteiger partial charge in [-0.2, -0.15) is 0 Å². The van der Waals surface area contributed by atoms with Crippen LogP contribution in [-0.4, -0.2) is 18.2 Å². The number of nitrogens with one attached hydrogen (secondary N) is 1. The van der Waals surface area contributed by atoms with E-state index in [1.54, 1.807) is 6.07 Å². The third-order valence-corrected chi connectivity index (χ3v) is 4.10. The van der Waals surface area contributed by atoms with Gasteiger partial charge in [0, 0.05) is 28.7 Å². The minimum atomic E-state index is -0.158. The van der Waals surface area contributed by atoms with Crippen LogP contribution in [0.4, 0.5) is 4.39 Å². The molecule has 106 valence electrons. The minimum absolute atomic E-state index is 0.00333. The zero-order valence-electron chi connectivity index (χ0n) is 11.7. The van der Waals surface area contributed by atoms with Crippen LogP contribution in [0.2, 0.25) is 0 Å². The van der Waals surface area contributed by atoms with Crippen molar-refractivity contribution in [2.75, 3.05) is 6.61 Å². The average molecular weight is 330 g/mol. The van der Waals surface area contributed by atoms with Crippen LogP contribution in [0, 0.1) is 5.82 Å². The minimum Gasteiger partial charge on any atom is -0.375 e. The van der Waals surface area contributed by atoms with E-state index in [4.69, 9.17) is 4.74 Å². The van der Waals surface area contributed by atoms with E-state index in [1.165, 1.54) is 6.07 Å². The van der Waals surface area contributed by atoms with Crippen LogP contribution in [0.5, 0.6) is 0 Å². The fourth-order valence-corrected chi connectivity index (χ4v) is 3.04. The van der Waals surface area contributed by atoms with Crippen molar-refractivity contribution in [2.45, 2.75) is 51.3 Å². The molecule has 0 aliphatic carbocycles. The lowest BCUT2D eigenvalue weighted by atomic mass is 9.93. The van der Waals surface area contributed by atoms with E-state index in [1.807, 2.05) is 13.0 Å². The zero-order chi connectivity index (χ0) is 14.0. The highest BCUT2D eigenvalue weighted by molar-refractivity contribution is 9.10. The molecule has 1 fully saturated rings. The molecule has 0 aromatic heterocycles. The van der Waals surface area contributed by atoms with Crippen molar-refractivity contribution in [3.05, 3.63) is 34.1 Å². The molecule has 2 rings (SSSR count). The Morgan fingerprint density at radius 3 is 2.89 bits per heavy atom. The van der Waals surface area contributed by atoms with E-state index in [0.29, 0.717) is 11.6 Å². The Hall–Kier alpha value is -0.450. The molecule has 0 spiro atoms. The Labute approximate surface area is 122 Å². The molecule has 0 bridgehead atoms. The Bertz CT molecular complexity index is 450. The molecule has 1 saturated heterocycles. The number of hydrogen-bond acceptors (Lipinski definition) is 2. The Kier molecular flexibility index (Phi) is 4.64. The van der Waals surface area contributed by atoms with E-state index in [-0.39, 0.29) is 17.5 Å². The van der Waals surface area contributed by atoms with Gasteiger partial charge in [-0.3, -0.25) is 0 Å². The molecular formula is C15H21BrFNO. The molecule has 1 heterocycles. The quantitative estimate of drug-likeness (QED) is 0.897. The summed E-state index contributed by atoms with van der Waals surface area (Å²) in [6, 6.07) is 5.44. The summed E-state index contributed by atoms with van der Waals surface area (Å²) in [5.41, 5.74) is 0.615. The van der Waals surface area contributed by atoms with E-state index < -0.39 is 0 Å². The van der Waals surface area contributed by atoms with Crippen LogP contribution in [0.15, 0.2) is 22.7 Å². The molecule has 1 aromatic rings. The highest BCUT2D eigenvalue weighted by Crippen LogP contribution is 2.27. The third-order valence-electron chi connectivity index (χ3n) is 3.61.